The Morgan fingerprint density at radius 2 is 2.00 bits per heavy atom. The number of rotatable bonds is 5. The van der Waals surface area contributed by atoms with E-state index < -0.39 is 0 Å². The zero-order valence-electron chi connectivity index (χ0n) is 13.8. The van der Waals surface area contributed by atoms with Gasteiger partial charge in [0.15, 0.2) is 5.76 Å². The lowest BCUT2D eigenvalue weighted by Gasteiger charge is -2.10. The van der Waals surface area contributed by atoms with Crippen LogP contribution in [-0.2, 0) is 0 Å². The molecular formula is C18H19N3O3. The fraction of sp³-hybridized carbons (Fsp3) is 0.222. The number of aryl methyl sites for hydroxylation is 1. The summed E-state index contributed by atoms with van der Waals surface area (Å²) in [6.45, 7) is 5.73. The number of anilines is 1. The van der Waals surface area contributed by atoms with Crippen molar-refractivity contribution in [3.8, 4) is 17.2 Å². The molecule has 0 bridgehead atoms. The molecule has 24 heavy (non-hydrogen) atoms. The number of nitrogens with one attached hydrogen (secondary N) is 2. The lowest BCUT2D eigenvalue weighted by atomic mass is 10.1. The molecule has 2 heterocycles. The number of benzene rings is 1. The van der Waals surface area contributed by atoms with E-state index >= 15 is 0 Å². The summed E-state index contributed by atoms with van der Waals surface area (Å²) in [6, 6.07) is 10.8. The quantitative estimate of drug-likeness (QED) is 0.742. The molecule has 0 saturated carbocycles. The van der Waals surface area contributed by atoms with Crippen LogP contribution in [0.4, 0.5) is 5.69 Å². The van der Waals surface area contributed by atoms with E-state index in [4.69, 9.17) is 9.15 Å². The summed E-state index contributed by atoms with van der Waals surface area (Å²) in [4.78, 5) is 12.6. The Morgan fingerprint density at radius 3 is 2.62 bits per heavy atom. The molecule has 0 fully saturated rings. The Bertz CT molecular complexity index is 818. The molecule has 6 heteroatoms. The average molecular weight is 325 g/mol. The van der Waals surface area contributed by atoms with E-state index in [1.807, 2.05) is 26.0 Å². The number of furan rings is 1. The predicted molar refractivity (Wildman–Crippen MR) is 91.2 cm³/mol. The molecular weight excluding hydrogens is 306 g/mol. The highest BCUT2D eigenvalue weighted by atomic mass is 16.5. The molecule has 0 saturated heterocycles. The second-order valence-electron chi connectivity index (χ2n) is 5.69. The second-order valence-corrected chi connectivity index (χ2v) is 5.69. The number of hydrogen-bond acceptors (Lipinski definition) is 4. The molecule has 0 aliphatic heterocycles. The minimum Gasteiger partial charge on any atom is -0.491 e. The van der Waals surface area contributed by atoms with Crippen LogP contribution in [0, 0.1) is 6.92 Å². The van der Waals surface area contributed by atoms with Crippen molar-refractivity contribution in [1.82, 2.24) is 10.2 Å². The molecule has 0 unspecified atom stereocenters. The Labute approximate surface area is 139 Å². The highest BCUT2D eigenvalue weighted by Gasteiger charge is 2.21. The summed E-state index contributed by atoms with van der Waals surface area (Å²) < 4.78 is 10.9. The van der Waals surface area contributed by atoms with Crippen molar-refractivity contribution in [2.45, 2.75) is 26.9 Å². The number of ether oxygens (including phenoxy) is 1. The van der Waals surface area contributed by atoms with Crippen molar-refractivity contribution in [2.75, 3.05) is 5.32 Å². The van der Waals surface area contributed by atoms with E-state index in [1.165, 1.54) is 0 Å². The van der Waals surface area contributed by atoms with Crippen molar-refractivity contribution >= 4 is 11.6 Å². The number of hydrogen-bond donors (Lipinski definition) is 2. The van der Waals surface area contributed by atoms with Crippen molar-refractivity contribution < 1.29 is 13.9 Å². The zero-order chi connectivity index (χ0) is 17.1. The molecule has 3 aromatic rings. The molecule has 6 nitrogen and oxygen atoms in total. The Kier molecular flexibility index (Phi) is 4.37. The van der Waals surface area contributed by atoms with Gasteiger partial charge in [0, 0.05) is 11.4 Å². The van der Waals surface area contributed by atoms with Gasteiger partial charge in [-0.05, 0) is 57.2 Å². The second kappa shape index (κ2) is 6.62. The number of amides is 1. The van der Waals surface area contributed by atoms with Crippen LogP contribution >= 0.6 is 0 Å². The topological polar surface area (TPSA) is 80.2 Å². The van der Waals surface area contributed by atoms with Gasteiger partial charge >= 0.3 is 0 Å². The van der Waals surface area contributed by atoms with Crippen LogP contribution in [0.5, 0.6) is 5.75 Å². The first-order chi connectivity index (χ1) is 11.5. The first-order valence-electron chi connectivity index (χ1n) is 7.71. The molecule has 1 aromatic carbocycles. The summed E-state index contributed by atoms with van der Waals surface area (Å²) in [5, 5.41) is 9.87. The highest BCUT2D eigenvalue weighted by Crippen LogP contribution is 2.25. The van der Waals surface area contributed by atoms with Crippen LogP contribution in [0.3, 0.4) is 0 Å². The third kappa shape index (κ3) is 3.32. The predicted octanol–water partition coefficient (Wildman–Crippen LogP) is 4.02. The lowest BCUT2D eigenvalue weighted by molar-refractivity contribution is 0.102. The Hall–Kier alpha value is -3.02. The van der Waals surface area contributed by atoms with Crippen LogP contribution in [0.15, 0.2) is 47.1 Å². The summed E-state index contributed by atoms with van der Waals surface area (Å²) in [5.74, 6) is 1.06. The van der Waals surface area contributed by atoms with E-state index in [-0.39, 0.29) is 12.0 Å². The number of carbonyl (C=O) groups excluding carboxylic acids is 1. The molecule has 0 radical (unpaired) electrons. The minimum absolute atomic E-state index is 0.106. The van der Waals surface area contributed by atoms with Crippen molar-refractivity contribution in [3.05, 3.63) is 53.9 Å². The maximum absolute atomic E-state index is 12.6. The molecule has 2 aromatic heterocycles. The van der Waals surface area contributed by atoms with E-state index in [9.17, 15) is 4.79 Å². The van der Waals surface area contributed by atoms with Gasteiger partial charge in [-0.1, -0.05) is 0 Å². The lowest BCUT2D eigenvalue weighted by Crippen LogP contribution is -2.13. The number of nitrogens with zero attached hydrogens (tertiary/aromatic N) is 1. The third-order valence-electron chi connectivity index (χ3n) is 3.41. The van der Waals surface area contributed by atoms with Gasteiger partial charge < -0.3 is 14.5 Å². The molecule has 0 spiro atoms. The van der Waals surface area contributed by atoms with Crippen molar-refractivity contribution in [3.63, 3.8) is 0 Å². The largest absolute Gasteiger partial charge is 0.491 e. The fourth-order valence-corrected chi connectivity index (χ4v) is 2.38. The van der Waals surface area contributed by atoms with Crippen LogP contribution in [-0.4, -0.2) is 22.2 Å². The normalized spacial score (nSPS) is 10.8. The van der Waals surface area contributed by atoms with Gasteiger partial charge in [0.2, 0.25) is 0 Å². The molecule has 124 valence electrons. The molecule has 0 atom stereocenters. The van der Waals surface area contributed by atoms with E-state index in [0.29, 0.717) is 28.4 Å². The maximum atomic E-state index is 12.6. The smallest absolute Gasteiger partial charge is 0.259 e. The van der Waals surface area contributed by atoms with Gasteiger partial charge in [-0.25, -0.2) is 0 Å². The van der Waals surface area contributed by atoms with Gasteiger partial charge in [0.1, 0.15) is 11.4 Å². The molecule has 3 rings (SSSR count). The average Bonchev–Trinajstić information content (AvgIpc) is 3.17. The van der Waals surface area contributed by atoms with Gasteiger partial charge in [-0.3, -0.25) is 9.89 Å². The number of H-pyrrole nitrogens is 1. The monoisotopic (exact) mass is 325 g/mol. The first-order valence-corrected chi connectivity index (χ1v) is 7.71. The molecule has 1 amide bonds. The van der Waals surface area contributed by atoms with Gasteiger partial charge in [-0.15, -0.1) is 0 Å². The molecule has 2 N–H and O–H groups in total. The van der Waals surface area contributed by atoms with Crippen LogP contribution in [0.25, 0.3) is 11.5 Å². The number of carbonyl (C=O) groups is 1. The SMILES string of the molecule is Cc1[nH]nc(-c2ccco2)c1C(=O)Nc1ccc(OC(C)C)cc1. The molecule has 0 aliphatic carbocycles. The van der Waals surface area contributed by atoms with Crippen LogP contribution in [0.2, 0.25) is 0 Å². The van der Waals surface area contributed by atoms with E-state index in [2.05, 4.69) is 15.5 Å². The molecule has 0 aliphatic rings. The third-order valence-corrected chi connectivity index (χ3v) is 3.41. The van der Waals surface area contributed by atoms with Gasteiger partial charge in [-0.2, -0.15) is 5.10 Å². The summed E-state index contributed by atoms with van der Waals surface area (Å²) in [7, 11) is 0. The van der Waals surface area contributed by atoms with Crippen LogP contribution < -0.4 is 10.1 Å². The summed E-state index contributed by atoms with van der Waals surface area (Å²) >= 11 is 0. The van der Waals surface area contributed by atoms with Crippen LogP contribution in [0.1, 0.15) is 29.9 Å². The van der Waals surface area contributed by atoms with E-state index in [1.54, 1.807) is 37.5 Å². The summed E-state index contributed by atoms with van der Waals surface area (Å²) in [6.07, 6.45) is 1.66. The Morgan fingerprint density at radius 1 is 1.25 bits per heavy atom. The van der Waals surface area contributed by atoms with Gasteiger partial charge in [0.25, 0.3) is 5.91 Å². The van der Waals surface area contributed by atoms with E-state index in [0.717, 1.165) is 5.75 Å². The van der Waals surface area contributed by atoms with Crippen molar-refractivity contribution in [2.24, 2.45) is 0 Å². The highest BCUT2D eigenvalue weighted by molar-refractivity contribution is 6.08. The van der Waals surface area contributed by atoms with Crippen molar-refractivity contribution in [1.29, 1.82) is 0 Å². The zero-order valence-corrected chi connectivity index (χ0v) is 13.8. The summed E-state index contributed by atoms with van der Waals surface area (Å²) in [5.41, 5.74) is 2.32. The number of aromatic amines is 1. The van der Waals surface area contributed by atoms with Gasteiger partial charge in [0.05, 0.1) is 17.9 Å². The minimum atomic E-state index is -0.245. The maximum Gasteiger partial charge on any atom is 0.259 e. The first kappa shape index (κ1) is 15.9. The number of aromatic nitrogens is 2. The Balaban J connectivity index is 1.80. The fourth-order valence-electron chi connectivity index (χ4n) is 2.38. The standard InChI is InChI=1S/C18H19N3O3/c1-11(2)24-14-8-6-13(7-9-14)19-18(22)16-12(3)20-21-17(16)15-5-4-10-23-15/h4-11H,1-3H3,(H,19,22)(H,20,21).